The topological polar surface area (TPSA) is 16.4 Å². The molecule has 12 rings (SSSR count). The van der Waals surface area contributed by atoms with Crippen molar-refractivity contribution in [3.63, 3.8) is 0 Å². The Balaban J connectivity index is 1.02. The van der Waals surface area contributed by atoms with Crippen LogP contribution in [0.1, 0.15) is 0 Å². The third-order valence-corrected chi connectivity index (χ3v) is 12.0. The van der Waals surface area contributed by atoms with Crippen molar-refractivity contribution in [1.82, 2.24) is 0 Å². The summed E-state index contributed by atoms with van der Waals surface area (Å²) in [6, 6.07) is 77.0. The van der Waals surface area contributed by atoms with E-state index in [2.05, 4.69) is 217 Å². The summed E-state index contributed by atoms with van der Waals surface area (Å²) >= 11 is 0. The van der Waals surface area contributed by atoms with E-state index in [1.807, 2.05) is 0 Å². The van der Waals surface area contributed by atoms with Gasteiger partial charge in [-0.05, 0) is 108 Å². The number of furan rings is 1. The van der Waals surface area contributed by atoms with Crippen LogP contribution in [0, 0.1) is 0 Å². The molecule has 0 fully saturated rings. The second-order valence-corrected chi connectivity index (χ2v) is 15.2. The lowest BCUT2D eigenvalue weighted by molar-refractivity contribution is 0.672. The summed E-state index contributed by atoms with van der Waals surface area (Å²) in [5, 5.41) is 14.5. The van der Waals surface area contributed by atoms with Gasteiger partial charge in [0.1, 0.15) is 11.2 Å². The minimum absolute atomic E-state index is 0.870. The van der Waals surface area contributed by atoms with Gasteiger partial charge in [0.2, 0.25) is 0 Å². The highest BCUT2D eigenvalue weighted by molar-refractivity contribution is 6.21. The van der Waals surface area contributed by atoms with Crippen molar-refractivity contribution in [2.45, 2.75) is 0 Å². The molecule has 1 heterocycles. The Morgan fingerprint density at radius 1 is 0.310 bits per heavy atom. The van der Waals surface area contributed by atoms with E-state index in [9.17, 15) is 0 Å². The predicted molar refractivity (Wildman–Crippen MR) is 247 cm³/mol. The van der Waals surface area contributed by atoms with Crippen molar-refractivity contribution in [2.75, 3.05) is 4.90 Å². The summed E-state index contributed by atoms with van der Waals surface area (Å²) in [5.41, 5.74) is 9.87. The molecule has 2 heteroatoms. The lowest BCUT2D eigenvalue weighted by Gasteiger charge is -2.28. The van der Waals surface area contributed by atoms with Crippen LogP contribution in [-0.2, 0) is 0 Å². The van der Waals surface area contributed by atoms with Crippen LogP contribution in [0.2, 0.25) is 0 Å². The van der Waals surface area contributed by atoms with Crippen LogP contribution in [0.15, 0.2) is 217 Å². The summed E-state index contributed by atoms with van der Waals surface area (Å²) in [7, 11) is 0. The first-order valence-electron chi connectivity index (χ1n) is 19.9. The molecular weight excluding hydrogens is 703 g/mol. The maximum atomic E-state index is 6.72. The maximum absolute atomic E-state index is 6.72. The zero-order chi connectivity index (χ0) is 38.2. The van der Waals surface area contributed by atoms with Crippen LogP contribution in [0.25, 0.3) is 98.1 Å². The van der Waals surface area contributed by atoms with Crippen molar-refractivity contribution in [2.24, 2.45) is 0 Å². The van der Waals surface area contributed by atoms with Gasteiger partial charge in [0.15, 0.2) is 0 Å². The zero-order valence-corrected chi connectivity index (χ0v) is 31.6. The molecule has 0 aliphatic heterocycles. The Labute approximate surface area is 335 Å². The van der Waals surface area contributed by atoms with Gasteiger partial charge in [0, 0.05) is 21.8 Å². The Morgan fingerprint density at radius 3 is 1.55 bits per heavy atom. The second-order valence-electron chi connectivity index (χ2n) is 15.2. The molecule has 0 spiro atoms. The highest BCUT2D eigenvalue weighted by atomic mass is 16.3. The molecule has 0 atom stereocenters. The zero-order valence-electron chi connectivity index (χ0n) is 31.6. The van der Waals surface area contributed by atoms with Gasteiger partial charge < -0.3 is 9.32 Å². The van der Waals surface area contributed by atoms with Gasteiger partial charge in [-0.25, -0.2) is 0 Å². The molecule has 0 radical (unpaired) electrons. The van der Waals surface area contributed by atoms with Crippen molar-refractivity contribution in [3.8, 4) is 22.3 Å². The minimum Gasteiger partial charge on any atom is -0.455 e. The number of hydrogen-bond donors (Lipinski definition) is 0. The standard InChI is InChI=1S/C56H35NO/c1-6-17-45-38(12-1)30-33-50-55-52(22-11-23-54(55)58-56(45)50)57(53-35-41-14-3-5-16-44(41)47-19-9-10-21-49(47)53)42-31-28-37(29-32-42)36-24-26-39(27-25-36)51-34-40-13-2-4-15-43(40)46-18-7-8-20-48(46)51/h1-35H. The first kappa shape index (κ1) is 32.6. The molecule has 0 unspecified atom stereocenters. The Morgan fingerprint density at radius 2 is 0.845 bits per heavy atom. The molecule has 0 saturated heterocycles. The highest BCUT2D eigenvalue weighted by Crippen LogP contribution is 2.47. The van der Waals surface area contributed by atoms with Crippen LogP contribution in [0.3, 0.4) is 0 Å². The average Bonchev–Trinajstić information content (AvgIpc) is 3.69. The third kappa shape index (κ3) is 5.05. The molecule has 58 heavy (non-hydrogen) atoms. The number of rotatable bonds is 5. The van der Waals surface area contributed by atoms with Gasteiger partial charge in [-0.1, -0.05) is 170 Å². The normalized spacial score (nSPS) is 11.8. The SMILES string of the molecule is c1ccc2c(c1)cc(-c1ccc(-c3ccc(N(c4cc5ccccc5c5ccccc45)c4cccc5oc6c7ccccc7ccc6c45)cc3)cc1)c1ccccc12. The molecule has 12 aromatic rings. The number of fused-ring (bicyclic) bond motifs is 11. The van der Waals surface area contributed by atoms with E-state index < -0.39 is 0 Å². The number of hydrogen-bond acceptors (Lipinski definition) is 2. The fraction of sp³-hybridized carbons (Fsp3) is 0. The molecule has 2 nitrogen and oxygen atoms in total. The maximum Gasteiger partial charge on any atom is 0.143 e. The Hall–Kier alpha value is -7.68. The van der Waals surface area contributed by atoms with Crippen LogP contribution < -0.4 is 4.90 Å². The van der Waals surface area contributed by atoms with Crippen molar-refractivity contribution < 1.29 is 4.42 Å². The van der Waals surface area contributed by atoms with E-state index in [1.54, 1.807) is 0 Å². The van der Waals surface area contributed by atoms with Gasteiger partial charge >= 0.3 is 0 Å². The summed E-state index contributed by atoms with van der Waals surface area (Å²) in [6.45, 7) is 0. The van der Waals surface area contributed by atoms with Gasteiger partial charge in [-0.2, -0.15) is 0 Å². The van der Waals surface area contributed by atoms with Crippen molar-refractivity contribution >= 4 is 92.9 Å². The summed E-state index contributed by atoms with van der Waals surface area (Å²) in [6.07, 6.45) is 0. The van der Waals surface area contributed by atoms with Crippen LogP contribution >= 0.6 is 0 Å². The lowest BCUT2D eigenvalue weighted by atomic mass is 9.92. The first-order valence-corrected chi connectivity index (χ1v) is 19.9. The van der Waals surface area contributed by atoms with Gasteiger partial charge in [0.25, 0.3) is 0 Å². The fourth-order valence-electron chi connectivity index (χ4n) is 9.29. The summed E-state index contributed by atoms with van der Waals surface area (Å²) in [5.74, 6) is 0. The van der Waals surface area contributed by atoms with Crippen LogP contribution in [0.4, 0.5) is 17.1 Å². The van der Waals surface area contributed by atoms with E-state index in [0.717, 1.165) is 44.4 Å². The average molecular weight is 738 g/mol. The first-order chi connectivity index (χ1) is 28.8. The van der Waals surface area contributed by atoms with E-state index in [-0.39, 0.29) is 0 Å². The second kappa shape index (κ2) is 12.9. The van der Waals surface area contributed by atoms with E-state index in [4.69, 9.17) is 4.42 Å². The molecule has 0 amide bonds. The van der Waals surface area contributed by atoms with Crippen molar-refractivity contribution in [3.05, 3.63) is 212 Å². The quantitative estimate of drug-likeness (QED) is 0.164. The summed E-state index contributed by atoms with van der Waals surface area (Å²) < 4.78 is 6.72. The van der Waals surface area contributed by atoms with Crippen LogP contribution in [-0.4, -0.2) is 0 Å². The number of nitrogens with zero attached hydrogens (tertiary/aromatic N) is 1. The van der Waals surface area contributed by atoms with E-state index in [0.29, 0.717) is 0 Å². The molecule has 11 aromatic carbocycles. The predicted octanol–water partition coefficient (Wildman–Crippen LogP) is 16.2. The van der Waals surface area contributed by atoms with Crippen molar-refractivity contribution in [1.29, 1.82) is 0 Å². The smallest absolute Gasteiger partial charge is 0.143 e. The minimum atomic E-state index is 0.870. The van der Waals surface area contributed by atoms with E-state index in [1.165, 1.54) is 70.7 Å². The molecule has 1 aromatic heterocycles. The monoisotopic (exact) mass is 737 g/mol. The molecular formula is C56H35NO. The molecule has 0 aliphatic rings. The largest absolute Gasteiger partial charge is 0.455 e. The molecule has 0 N–H and O–H groups in total. The number of benzene rings is 11. The molecule has 0 saturated carbocycles. The van der Waals surface area contributed by atoms with Crippen LogP contribution in [0.5, 0.6) is 0 Å². The van der Waals surface area contributed by atoms with Gasteiger partial charge in [-0.15, -0.1) is 0 Å². The lowest BCUT2D eigenvalue weighted by Crippen LogP contribution is -2.11. The van der Waals surface area contributed by atoms with Gasteiger partial charge in [-0.3, -0.25) is 0 Å². The third-order valence-electron chi connectivity index (χ3n) is 12.0. The summed E-state index contributed by atoms with van der Waals surface area (Å²) in [4.78, 5) is 2.43. The van der Waals surface area contributed by atoms with E-state index >= 15 is 0 Å². The molecule has 0 bridgehead atoms. The Bertz CT molecular complexity index is 3560. The Kier molecular flexibility index (Phi) is 7.26. The van der Waals surface area contributed by atoms with Gasteiger partial charge in [0.05, 0.1) is 16.8 Å². The molecule has 0 aliphatic carbocycles. The molecule has 270 valence electrons. The highest BCUT2D eigenvalue weighted by Gasteiger charge is 2.23. The fourth-order valence-corrected chi connectivity index (χ4v) is 9.29. The number of anilines is 3.